The van der Waals surface area contributed by atoms with Crippen molar-refractivity contribution in [3.63, 3.8) is 0 Å². The van der Waals surface area contributed by atoms with Crippen molar-refractivity contribution in [2.45, 2.75) is 33.6 Å². The van der Waals surface area contributed by atoms with Gasteiger partial charge in [0.05, 0.1) is 22.3 Å². The van der Waals surface area contributed by atoms with Gasteiger partial charge in [-0.3, -0.25) is 4.79 Å². The largest absolute Gasteiger partial charge is 0.336 e. The van der Waals surface area contributed by atoms with Crippen LogP contribution in [0.15, 0.2) is 53.1 Å². The van der Waals surface area contributed by atoms with Crippen LogP contribution >= 0.6 is 0 Å². The van der Waals surface area contributed by atoms with E-state index in [1.165, 1.54) is 0 Å². The average molecular weight is 373 g/mol. The summed E-state index contributed by atoms with van der Waals surface area (Å²) in [6, 6.07) is 16.0. The summed E-state index contributed by atoms with van der Waals surface area (Å²) < 4.78 is 5.39. The summed E-state index contributed by atoms with van der Waals surface area (Å²) in [5.74, 6) is 0.105. The fourth-order valence-corrected chi connectivity index (χ4v) is 3.59. The molecule has 0 atom stereocenters. The Hall–Kier alpha value is -3.21. The molecule has 0 fully saturated rings. The molecule has 4 rings (SSSR count). The number of amides is 1. The molecule has 0 aliphatic carbocycles. The maximum absolute atomic E-state index is 13.7. The Balaban J connectivity index is 1.91. The zero-order valence-corrected chi connectivity index (χ0v) is 16.6. The molecule has 0 unspecified atom stereocenters. The summed E-state index contributed by atoms with van der Waals surface area (Å²) in [7, 11) is 0. The highest BCUT2D eigenvalue weighted by Gasteiger charge is 2.24. The van der Waals surface area contributed by atoms with Crippen molar-refractivity contribution in [2.24, 2.45) is 0 Å². The maximum atomic E-state index is 13.7. The molecule has 1 amide bonds. The molecule has 2 aromatic heterocycles. The average Bonchev–Trinajstić information content (AvgIpc) is 3.09. The molecule has 5 nitrogen and oxygen atoms in total. The molecule has 0 radical (unpaired) electrons. The highest BCUT2D eigenvalue weighted by atomic mass is 16.5. The first kappa shape index (κ1) is 18.2. The highest BCUT2D eigenvalue weighted by Crippen LogP contribution is 2.31. The topological polar surface area (TPSA) is 59.2 Å². The van der Waals surface area contributed by atoms with E-state index in [0.29, 0.717) is 28.9 Å². The van der Waals surface area contributed by atoms with Gasteiger partial charge in [-0.1, -0.05) is 55.4 Å². The minimum atomic E-state index is -0.0700. The molecule has 142 valence electrons. The van der Waals surface area contributed by atoms with Crippen LogP contribution in [0.1, 0.15) is 48.4 Å². The third-order valence-electron chi connectivity index (χ3n) is 5.08. The molecule has 0 aliphatic heterocycles. The van der Waals surface area contributed by atoms with Gasteiger partial charge in [-0.25, -0.2) is 4.98 Å². The zero-order valence-electron chi connectivity index (χ0n) is 16.6. The lowest BCUT2D eigenvalue weighted by molar-refractivity contribution is 0.0990. The molecule has 0 aliphatic rings. The SMILES string of the molecule is CCN(C(=O)c1cc(C(C)C)nc2onc(C)c12)c1cccc2ccccc12. The Morgan fingerprint density at radius 2 is 1.89 bits per heavy atom. The van der Waals surface area contributed by atoms with Crippen LogP contribution < -0.4 is 4.90 Å². The van der Waals surface area contributed by atoms with Crippen molar-refractivity contribution in [2.75, 3.05) is 11.4 Å². The third kappa shape index (κ3) is 2.93. The zero-order chi connectivity index (χ0) is 19.8. The fraction of sp³-hybridized carbons (Fsp3) is 0.261. The summed E-state index contributed by atoms with van der Waals surface area (Å²) in [6.45, 7) is 8.48. The monoisotopic (exact) mass is 373 g/mol. The molecule has 0 saturated carbocycles. The van der Waals surface area contributed by atoms with Gasteiger partial charge in [0, 0.05) is 17.6 Å². The van der Waals surface area contributed by atoms with Crippen LogP contribution in [-0.4, -0.2) is 22.6 Å². The van der Waals surface area contributed by atoms with Crippen LogP contribution in [0.5, 0.6) is 0 Å². The van der Waals surface area contributed by atoms with Crippen molar-refractivity contribution >= 4 is 33.5 Å². The Bertz CT molecular complexity index is 1170. The number of aryl methyl sites for hydroxylation is 1. The van der Waals surface area contributed by atoms with Crippen molar-refractivity contribution in [1.29, 1.82) is 0 Å². The predicted octanol–water partition coefficient (Wildman–Crippen LogP) is 5.47. The number of hydrogen-bond acceptors (Lipinski definition) is 4. The fourth-order valence-electron chi connectivity index (χ4n) is 3.59. The molecule has 4 aromatic rings. The minimum absolute atomic E-state index is 0.0700. The molecule has 2 aromatic carbocycles. The van der Waals surface area contributed by atoms with Gasteiger partial charge in [-0.05, 0) is 37.3 Å². The standard InChI is InChI=1S/C23H23N3O2/c1-5-26(20-12-8-10-16-9-6-7-11-17(16)20)23(27)18-13-19(14(2)3)24-22-21(18)15(4)25-28-22/h6-14H,5H2,1-4H3. The van der Waals surface area contributed by atoms with Gasteiger partial charge in [0.15, 0.2) is 0 Å². The van der Waals surface area contributed by atoms with E-state index in [4.69, 9.17) is 4.52 Å². The van der Waals surface area contributed by atoms with Gasteiger partial charge in [-0.2, -0.15) is 0 Å². The second kappa shape index (κ2) is 7.08. The maximum Gasteiger partial charge on any atom is 0.259 e. The molecule has 28 heavy (non-hydrogen) atoms. The number of aromatic nitrogens is 2. The molecular formula is C23H23N3O2. The van der Waals surface area contributed by atoms with Crippen molar-refractivity contribution in [1.82, 2.24) is 10.1 Å². The van der Waals surface area contributed by atoms with Crippen LogP contribution in [0.25, 0.3) is 21.9 Å². The van der Waals surface area contributed by atoms with Crippen LogP contribution in [-0.2, 0) is 0 Å². The summed E-state index contributed by atoms with van der Waals surface area (Å²) in [4.78, 5) is 20.0. The lowest BCUT2D eigenvalue weighted by atomic mass is 10.0. The Kier molecular flexibility index (Phi) is 4.59. The van der Waals surface area contributed by atoms with E-state index in [0.717, 1.165) is 22.2 Å². The van der Waals surface area contributed by atoms with Crippen LogP contribution in [0.4, 0.5) is 5.69 Å². The van der Waals surface area contributed by atoms with Gasteiger partial charge in [0.1, 0.15) is 0 Å². The van der Waals surface area contributed by atoms with Crippen LogP contribution in [0.3, 0.4) is 0 Å². The summed E-state index contributed by atoms with van der Waals surface area (Å²) in [5.41, 5.74) is 3.40. The first-order chi connectivity index (χ1) is 13.5. The molecule has 0 saturated heterocycles. The number of hydrogen-bond donors (Lipinski definition) is 0. The Morgan fingerprint density at radius 3 is 2.64 bits per heavy atom. The molecular weight excluding hydrogens is 350 g/mol. The van der Waals surface area contributed by atoms with Crippen molar-refractivity contribution in [3.8, 4) is 0 Å². The predicted molar refractivity (Wildman–Crippen MR) is 112 cm³/mol. The van der Waals surface area contributed by atoms with Crippen LogP contribution in [0, 0.1) is 6.92 Å². The first-order valence-electron chi connectivity index (χ1n) is 9.57. The van der Waals surface area contributed by atoms with Gasteiger partial charge in [0.25, 0.3) is 11.6 Å². The van der Waals surface area contributed by atoms with Crippen molar-refractivity contribution in [3.05, 3.63) is 65.5 Å². The van der Waals surface area contributed by atoms with Gasteiger partial charge in [0.2, 0.25) is 0 Å². The first-order valence-corrected chi connectivity index (χ1v) is 9.57. The normalized spacial score (nSPS) is 11.5. The number of fused-ring (bicyclic) bond motifs is 2. The molecule has 0 spiro atoms. The van der Waals surface area contributed by atoms with E-state index in [1.54, 1.807) is 0 Å². The van der Waals surface area contributed by atoms with E-state index in [-0.39, 0.29) is 11.8 Å². The number of pyridine rings is 1. The van der Waals surface area contributed by atoms with E-state index in [1.807, 2.05) is 69.0 Å². The highest BCUT2D eigenvalue weighted by molar-refractivity contribution is 6.16. The second-order valence-electron chi connectivity index (χ2n) is 7.25. The van der Waals surface area contributed by atoms with Gasteiger partial charge >= 0.3 is 0 Å². The summed E-state index contributed by atoms with van der Waals surface area (Å²) in [6.07, 6.45) is 0. The number of nitrogens with zero attached hydrogens (tertiary/aromatic N) is 3. The van der Waals surface area contributed by atoms with Gasteiger partial charge < -0.3 is 9.42 Å². The number of carbonyl (C=O) groups excluding carboxylic acids is 1. The summed E-state index contributed by atoms with van der Waals surface area (Å²) in [5, 5.41) is 6.89. The quantitative estimate of drug-likeness (QED) is 0.476. The molecule has 2 heterocycles. The van der Waals surface area contributed by atoms with Crippen LogP contribution in [0.2, 0.25) is 0 Å². The smallest absolute Gasteiger partial charge is 0.259 e. The summed E-state index contributed by atoms with van der Waals surface area (Å²) >= 11 is 0. The number of rotatable bonds is 4. The minimum Gasteiger partial charge on any atom is -0.336 e. The number of benzene rings is 2. The van der Waals surface area contributed by atoms with E-state index >= 15 is 0 Å². The lowest BCUT2D eigenvalue weighted by Crippen LogP contribution is -2.31. The Labute approximate surface area is 164 Å². The van der Waals surface area contributed by atoms with E-state index < -0.39 is 0 Å². The Morgan fingerprint density at radius 1 is 1.14 bits per heavy atom. The third-order valence-corrected chi connectivity index (χ3v) is 5.08. The van der Waals surface area contributed by atoms with Gasteiger partial charge in [-0.15, -0.1) is 0 Å². The second-order valence-corrected chi connectivity index (χ2v) is 7.25. The van der Waals surface area contributed by atoms with E-state index in [2.05, 4.69) is 22.3 Å². The number of anilines is 1. The molecule has 5 heteroatoms. The number of carbonyl (C=O) groups is 1. The molecule has 0 N–H and O–H groups in total. The molecule has 0 bridgehead atoms. The lowest BCUT2D eigenvalue weighted by Gasteiger charge is -2.23. The van der Waals surface area contributed by atoms with Crippen molar-refractivity contribution < 1.29 is 9.32 Å². The van der Waals surface area contributed by atoms with E-state index in [9.17, 15) is 4.79 Å².